The second kappa shape index (κ2) is 5.94. The Morgan fingerprint density at radius 1 is 1.32 bits per heavy atom. The molecule has 1 atom stereocenters. The Balaban J connectivity index is 1.78. The lowest BCUT2D eigenvalue weighted by Gasteiger charge is -2.32. The van der Waals surface area contributed by atoms with Crippen LogP contribution in [0.25, 0.3) is 0 Å². The van der Waals surface area contributed by atoms with E-state index >= 15 is 0 Å². The monoisotopic (exact) mass is 386 g/mol. The van der Waals surface area contributed by atoms with Gasteiger partial charge in [0.1, 0.15) is 0 Å². The topological polar surface area (TPSA) is 57.7 Å². The molecule has 0 unspecified atom stereocenters. The van der Waals surface area contributed by atoms with Gasteiger partial charge in [0.15, 0.2) is 0 Å². The molecule has 0 aliphatic carbocycles. The number of hydrogen-bond donors (Lipinski definition) is 0. The van der Waals surface area contributed by atoms with E-state index in [9.17, 15) is 13.2 Å². The largest absolute Gasteiger partial charge is 0.312 e. The normalized spacial score (nSPS) is 22.6. The van der Waals surface area contributed by atoms with Crippen molar-refractivity contribution in [3.8, 4) is 0 Å². The average Bonchev–Trinajstić information content (AvgIpc) is 2.88. The third-order valence-corrected chi connectivity index (χ3v) is 6.17. The maximum Gasteiger partial charge on any atom is 0.231 e. The van der Waals surface area contributed by atoms with Crippen LogP contribution in [0.3, 0.4) is 0 Å². The minimum absolute atomic E-state index is 0.0504. The van der Waals surface area contributed by atoms with E-state index in [1.807, 2.05) is 23.1 Å². The van der Waals surface area contributed by atoms with Crippen LogP contribution in [0.4, 0.5) is 5.69 Å². The van der Waals surface area contributed by atoms with Gasteiger partial charge in [-0.15, -0.1) is 0 Å². The second-order valence-electron chi connectivity index (χ2n) is 5.97. The summed E-state index contributed by atoms with van der Waals surface area (Å²) < 4.78 is 25.9. The lowest BCUT2D eigenvalue weighted by Crippen LogP contribution is -2.46. The summed E-state index contributed by atoms with van der Waals surface area (Å²) >= 11 is 3.45. The Kier molecular flexibility index (Phi) is 4.31. The first kappa shape index (κ1) is 16.0. The number of carbonyl (C=O) groups excluding carboxylic acids is 1. The van der Waals surface area contributed by atoms with Crippen molar-refractivity contribution in [3.63, 3.8) is 0 Å². The summed E-state index contributed by atoms with van der Waals surface area (Å²) in [5.74, 6) is -0.188. The molecule has 1 aromatic carbocycles. The molecule has 1 fully saturated rings. The van der Waals surface area contributed by atoms with Crippen molar-refractivity contribution in [2.75, 3.05) is 30.8 Å². The molecule has 120 valence electrons. The van der Waals surface area contributed by atoms with E-state index in [4.69, 9.17) is 0 Å². The van der Waals surface area contributed by atoms with E-state index in [1.54, 1.807) is 0 Å². The van der Waals surface area contributed by atoms with Crippen LogP contribution < -0.4 is 4.90 Å². The van der Waals surface area contributed by atoms with Crippen LogP contribution in [0.15, 0.2) is 22.7 Å². The predicted molar refractivity (Wildman–Crippen MR) is 89.3 cm³/mol. The van der Waals surface area contributed by atoms with E-state index in [2.05, 4.69) is 15.9 Å². The minimum Gasteiger partial charge on any atom is -0.312 e. The van der Waals surface area contributed by atoms with Gasteiger partial charge in [-0.1, -0.05) is 15.9 Å². The van der Waals surface area contributed by atoms with Gasteiger partial charge < -0.3 is 4.90 Å². The van der Waals surface area contributed by atoms with Gasteiger partial charge in [0.2, 0.25) is 15.9 Å². The van der Waals surface area contributed by atoms with Gasteiger partial charge >= 0.3 is 0 Å². The number of piperidine rings is 1. The maximum atomic E-state index is 12.8. The molecule has 0 aromatic heterocycles. The third-order valence-electron chi connectivity index (χ3n) is 4.41. The van der Waals surface area contributed by atoms with E-state index < -0.39 is 10.0 Å². The van der Waals surface area contributed by atoms with Crippen molar-refractivity contribution in [3.05, 3.63) is 28.2 Å². The summed E-state index contributed by atoms with van der Waals surface area (Å²) in [6.45, 7) is 1.51. The van der Waals surface area contributed by atoms with E-state index in [-0.39, 0.29) is 11.8 Å². The molecule has 0 N–H and O–H groups in total. The molecule has 0 spiro atoms. The SMILES string of the molecule is CS(=O)(=O)N1CCC[C@@H](C(=O)N2CCc3cc(Br)ccc32)C1. The molecule has 5 nitrogen and oxygen atoms in total. The summed E-state index contributed by atoms with van der Waals surface area (Å²) in [5, 5.41) is 0. The molecule has 1 aromatic rings. The molecule has 2 aliphatic rings. The molecular weight excluding hydrogens is 368 g/mol. The smallest absolute Gasteiger partial charge is 0.231 e. The summed E-state index contributed by atoms with van der Waals surface area (Å²) in [5.41, 5.74) is 2.13. The highest BCUT2D eigenvalue weighted by molar-refractivity contribution is 9.10. The Labute approximate surface area is 139 Å². The highest BCUT2D eigenvalue weighted by Gasteiger charge is 2.35. The van der Waals surface area contributed by atoms with Crippen LogP contribution in [0, 0.1) is 5.92 Å². The first-order valence-electron chi connectivity index (χ1n) is 7.41. The summed E-state index contributed by atoms with van der Waals surface area (Å²) in [6.07, 6.45) is 3.56. The Hall–Kier alpha value is -0.920. The van der Waals surface area contributed by atoms with Crippen LogP contribution in [-0.4, -0.2) is 44.5 Å². The Bertz CT molecular complexity index is 705. The lowest BCUT2D eigenvalue weighted by molar-refractivity contribution is -0.123. The predicted octanol–water partition coefficient (Wildman–Crippen LogP) is 2.01. The first-order valence-corrected chi connectivity index (χ1v) is 10.1. The van der Waals surface area contributed by atoms with Crippen molar-refractivity contribution in [2.45, 2.75) is 19.3 Å². The Morgan fingerprint density at radius 3 is 2.82 bits per heavy atom. The number of anilines is 1. The molecule has 0 radical (unpaired) electrons. The van der Waals surface area contributed by atoms with Crippen LogP contribution in [0.2, 0.25) is 0 Å². The summed E-state index contributed by atoms with van der Waals surface area (Å²) in [6, 6.07) is 5.95. The standard InChI is InChI=1S/C15H19BrN2O3S/c1-22(20,21)17-7-2-3-12(10-17)15(19)18-8-6-11-9-13(16)4-5-14(11)18/h4-5,9,12H,2-3,6-8,10H2,1H3/t12-/m1/s1. The third kappa shape index (κ3) is 3.07. The Morgan fingerprint density at radius 2 is 2.09 bits per heavy atom. The van der Waals surface area contributed by atoms with Gasteiger partial charge in [-0.25, -0.2) is 12.7 Å². The molecule has 0 saturated carbocycles. The fourth-order valence-corrected chi connectivity index (χ4v) is 4.58. The first-order chi connectivity index (χ1) is 10.4. The quantitative estimate of drug-likeness (QED) is 0.780. The molecule has 1 saturated heterocycles. The number of hydrogen-bond acceptors (Lipinski definition) is 3. The van der Waals surface area contributed by atoms with Crippen molar-refractivity contribution in [2.24, 2.45) is 5.92 Å². The van der Waals surface area contributed by atoms with Gasteiger partial charge in [-0.05, 0) is 43.0 Å². The number of fused-ring (bicyclic) bond motifs is 1. The molecule has 2 heterocycles. The van der Waals surface area contributed by atoms with Crippen LogP contribution >= 0.6 is 15.9 Å². The van der Waals surface area contributed by atoms with Crippen molar-refractivity contribution >= 4 is 37.5 Å². The van der Waals surface area contributed by atoms with E-state index in [0.717, 1.165) is 29.4 Å². The summed E-state index contributed by atoms with van der Waals surface area (Å²) in [4.78, 5) is 14.6. The number of rotatable bonds is 2. The van der Waals surface area contributed by atoms with Gasteiger partial charge in [0, 0.05) is 29.8 Å². The molecule has 7 heteroatoms. The highest BCUT2D eigenvalue weighted by Crippen LogP contribution is 2.33. The zero-order valence-corrected chi connectivity index (χ0v) is 14.9. The zero-order chi connectivity index (χ0) is 15.9. The number of amides is 1. The van der Waals surface area contributed by atoms with Crippen LogP contribution in [-0.2, 0) is 21.2 Å². The van der Waals surface area contributed by atoms with Crippen molar-refractivity contribution in [1.82, 2.24) is 4.31 Å². The molecule has 3 rings (SSSR count). The fraction of sp³-hybridized carbons (Fsp3) is 0.533. The van der Waals surface area contributed by atoms with Crippen LogP contribution in [0.5, 0.6) is 0 Å². The minimum atomic E-state index is -3.23. The second-order valence-corrected chi connectivity index (χ2v) is 8.87. The lowest BCUT2D eigenvalue weighted by atomic mass is 9.98. The van der Waals surface area contributed by atoms with Crippen molar-refractivity contribution in [1.29, 1.82) is 0 Å². The zero-order valence-electron chi connectivity index (χ0n) is 12.5. The molecular formula is C15H19BrN2O3S. The number of halogens is 1. The highest BCUT2D eigenvalue weighted by atomic mass is 79.9. The number of benzene rings is 1. The number of carbonyl (C=O) groups is 1. The van der Waals surface area contributed by atoms with Crippen LogP contribution in [0.1, 0.15) is 18.4 Å². The molecule has 0 bridgehead atoms. The molecule has 22 heavy (non-hydrogen) atoms. The van der Waals surface area contributed by atoms with E-state index in [0.29, 0.717) is 19.6 Å². The van der Waals surface area contributed by atoms with Gasteiger partial charge in [0.25, 0.3) is 0 Å². The van der Waals surface area contributed by atoms with Crippen molar-refractivity contribution < 1.29 is 13.2 Å². The maximum absolute atomic E-state index is 12.8. The van der Waals surface area contributed by atoms with Gasteiger partial charge in [0.05, 0.1) is 12.2 Å². The van der Waals surface area contributed by atoms with Gasteiger partial charge in [-0.2, -0.15) is 0 Å². The van der Waals surface area contributed by atoms with Gasteiger partial charge in [-0.3, -0.25) is 4.79 Å². The summed E-state index contributed by atoms with van der Waals surface area (Å²) in [7, 11) is -3.23. The number of nitrogens with zero attached hydrogens (tertiary/aromatic N) is 2. The number of sulfonamides is 1. The fourth-order valence-electron chi connectivity index (χ4n) is 3.26. The molecule has 2 aliphatic heterocycles. The average molecular weight is 387 g/mol. The molecule has 1 amide bonds. The van der Waals surface area contributed by atoms with E-state index in [1.165, 1.54) is 16.1 Å².